The van der Waals surface area contributed by atoms with Crippen LogP contribution in [0.5, 0.6) is 0 Å². The summed E-state index contributed by atoms with van der Waals surface area (Å²) in [5, 5.41) is 7.45. The Kier molecular flexibility index (Phi) is 4.72. The lowest BCUT2D eigenvalue weighted by molar-refractivity contribution is 0.627. The number of aryl methyl sites for hydroxylation is 1. The van der Waals surface area contributed by atoms with Gasteiger partial charge in [-0.2, -0.15) is 0 Å². The fourth-order valence-electron chi connectivity index (χ4n) is 2.90. The van der Waals surface area contributed by atoms with Crippen LogP contribution in [0.4, 0.5) is 27.4 Å². The molecule has 2 aromatic carbocycles. The van der Waals surface area contributed by atoms with Gasteiger partial charge < -0.3 is 16.4 Å². The number of nitrogens with one attached hydrogen (secondary N) is 2. The predicted octanol–water partition coefficient (Wildman–Crippen LogP) is 4.41. The largest absolute Gasteiger partial charge is 0.393 e. The van der Waals surface area contributed by atoms with E-state index >= 15 is 0 Å². The number of nitrogen functional groups attached to an aromatic ring is 1. The van der Waals surface area contributed by atoms with Crippen LogP contribution in [0, 0.1) is 12.7 Å². The monoisotopic (exact) mass is 374 g/mol. The van der Waals surface area contributed by atoms with Crippen LogP contribution in [0.2, 0.25) is 0 Å². The van der Waals surface area contributed by atoms with Gasteiger partial charge in [0.05, 0.1) is 11.2 Å². The Balaban J connectivity index is 1.59. The first-order valence-electron chi connectivity index (χ1n) is 8.82. The number of para-hydroxylation sites is 1. The van der Waals surface area contributed by atoms with Gasteiger partial charge in [0.15, 0.2) is 11.6 Å². The van der Waals surface area contributed by atoms with Crippen molar-refractivity contribution in [2.45, 2.75) is 13.5 Å². The molecule has 0 spiro atoms. The Morgan fingerprint density at radius 1 is 0.964 bits per heavy atom. The second kappa shape index (κ2) is 7.48. The van der Waals surface area contributed by atoms with Crippen molar-refractivity contribution in [1.82, 2.24) is 15.0 Å². The highest BCUT2D eigenvalue weighted by Crippen LogP contribution is 2.29. The molecular formula is C21H19FN6. The third kappa shape index (κ3) is 3.68. The molecule has 4 aromatic rings. The molecule has 0 aliphatic rings. The molecule has 0 unspecified atom stereocenters. The number of benzene rings is 2. The Labute approximate surface area is 161 Å². The number of nitrogens with two attached hydrogens (primary N) is 1. The molecule has 6 nitrogen and oxygen atoms in total. The summed E-state index contributed by atoms with van der Waals surface area (Å²) in [4.78, 5) is 13.1. The van der Waals surface area contributed by atoms with Crippen LogP contribution in [0.3, 0.4) is 0 Å². The van der Waals surface area contributed by atoms with Gasteiger partial charge in [0.2, 0.25) is 0 Å². The number of pyridine rings is 1. The summed E-state index contributed by atoms with van der Waals surface area (Å²) in [6.45, 7) is 2.42. The highest BCUT2D eigenvalue weighted by Gasteiger charge is 2.10. The minimum Gasteiger partial charge on any atom is -0.393 e. The Morgan fingerprint density at radius 2 is 1.75 bits per heavy atom. The summed E-state index contributed by atoms with van der Waals surface area (Å²) in [6.07, 6.45) is 1.44. The summed E-state index contributed by atoms with van der Waals surface area (Å²) in [5.74, 6) is 0.731. The maximum absolute atomic E-state index is 13.0. The zero-order chi connectivity index (χ0) is 19.5. The van der Waals surface area contributed by atoms with Crippen LogP contribution in [-0.2, 0) is 6.54 Å². The van der Waals surface area contributed by atoms with Gasteiger partial charge in [-0.25, -0.2) is 14.4 Å². The van der Waals surface area contributed by atoms with Crippen molar-refractivity contribution >= 4 is 33.9 Å². The van der Waals surface area contributed by atoms with E-state index in [1.807, 2.05) is 37.3 Å². The molecule has 2 heterocycles. The number of fused-ring (bicyclic) bond motifs is 1. The first-order valence-corrected chi connectivity index (χ1v) is 8.82. The molecule has 0 amide bonds. The van der Waals surface area contributed by atoms with Crippen molar-refractivity contribution in [2.75, 3.05) is 16.4 Å². The highest BCUT2D eigenvalue weighted by atomic mass is 19.1. The van der Waals surface area contributed by atoms with Crippen LogP contribution in [0.1, 0.15) is 11.3 Å². The molecule has 2 aromatic heterocycles. The van der Waals surface area contributed by atoms with Gasteiger partial charge in [-0.05, 0) is 36.8 Å². The van der Waals surface area contributed by atoms with Gasteiger partial charge in [0.25, 0.3) is 0 Å². The maximum Gasteiger partial charge on any atom is 0.159 e. The molecule has 7 heteroatoms. The quantitative estimate of drug-likeness (QED) is 0.479. The second-order valence-corrected chi connectivity index (χ2v) is 6.42. The van der Waals surface area contributed by atoms with Crippen molar-refractivity contribution in [3.05, 3.63) is 78.0 Å². The van der Waals surface area contributed by atoms with E-state index in [1.54, 1.807) is 12.1 Å². The van der Waals surface area contributed by atoms with Crippen molar-refractivity contribution < 1.29 is 4.39 Å². The molecule has 0 aliphatic carbocycles. The third-order valence-electron chi connectivity index (χ3n) is 4.37. The van der Waals surface area contributed by atoms with Crippen LogP contribution in [0.15, 0.2) is 60.9 Å². The predicted molar refractivity (Wildman–Crippen MR) is 110 cm³/mol. The van der Waals surface area contributed by atoms with Gasteiger partial charge in [0.1, 0.15) is 17.8 Å². The standard InChI is InChI=1S/C21H19FN6/c1-13-5-8-15-3-2-4-17(19(15)27-13)28-21-18(23)20(25-12-26-21)24-11-14-6-9-16(22)10-7-14/h2-10,12H,11,23H2,1H3,(H2,24,25,26,28). The van der Waals surface area contributed by atoms with E-state index in [2.05, 4.69) is 25.6 Å². The minimum atomic E-state index is -0.268. The topological polar surface area (TPSA) is 88.8 Å². The molecule has 0 atom stereocenters. The van der Waals surface area contributed by atoms with Crippen molar-refractivity contribution in [1.29, 1.82) is 0 Å². The van der Waals surface area contributed by atoms with Gasteiger partial charge >= 0.3 is 0 Å². The van der Waals surface area contributed by atoms with E-state index in [0.29, 0.717) is 23.9 Å². The molecular weight excluding hydrogens is 355 g/mol. The number of rotatable bonds is 5. The first kappa shape index (κ1) is 17.7. The lowest BCUT2D eigenvalue weighted by atomic mass is 10.1. The van der Waals surface area contributed by atoms with Gasteiger partial charge in [-0.1, -0.05) is 30.3 Å². The fourth-order valence-corrected chi connectivity index (χ4v) is 2.90. The van der Waals surface area contributed by atoms with Crippen LogP contribution in [0.25, 0.3) is 10.9 Å². The summed E-state index contributed by atoms with van der Waals surface area (Å²) in [6, 6.07) is 16.2. The number of nitrogens with zero attached hydrogens (tertiary/aromatic N) is 3. The lowest BCUT2D eigenvalue weighted by Crippen LogP contribution is -2.08. The van der Waals surface area contributed by atoms with Crippen molar-refractivity contribution in [2.24, 2.45) is 0 Å². The third-order valence-corrected chi connectivity index (χ3v) is 4.37. The molecule has 140 valence electrons. The summed E-state index contributed by atoms with van der Waals surface area (Å²) in [5.41, 5.74) is 10.2. The number of hydrogen-bond donors (Lipinski definition) is 3. The Morgan fingerprint density at radius 3 is 2.57 bits per heavy atom. The fraction of sp³-hybridized carbons (Fsp3) is 0.0952. The highest BCUT2D eigenvalue weighted by molar-refractivity contribution is 5.93. The molecule has 0 bridgehead atoms. The average molecular weight is 374 g/mol. The molecule has 0 saturated heterocycles. The van der Waals surface area contributed by atoms with Crippen LogP contribution >= 0.6 is 0 Å². The molecule has 0 radical (unpaired) electrons. The number of halogens is 1. The van der Waals surface area contributed by atoms with Gasteiger partial charge in [0, 0.05) is 17.6 Å². The normalized spacial score (nSPS) is 10.8. The molecule has 0 aliphatic heterocycles. The number of anilines is 4. The molecule has 4 N–H and O–H groups in total. The number of hydrogen-bond acceptors (Lipinski definition) is 6. The second-order valence-electron chi connectivity index (χ2n) is 6.42. The zero-order valence-electron chi connectivity index (χ0n) is 15.3. The van der Waals surface area contributed by atoms with E-state index in [1.165, 1.54) is 18.5 Å². The van der Waals surface area contributed by atoms with E-state index < -0.39 is 0 Å². The van der Waals surface area contributed by atoms with Gasteiger partial charge in [-0.15, -0.1) is 0 Å². The van der Waals surface area contributed by atoms with Crippen LogP contribution in [-0.4, -0.2) is 15.0 Å². The van der Waals surface area contributed by atoms with E-state index in [-0.39, 0.29) is 5.82 Å². The van der Waals surface area contributed by atoms with Gasteiger partial charge in [-0.3, -0.25) is 4.98 Å². The number of aromatic nitrogens is 3. The molecule has 0 saturated carbocycles. The summed E-state index contributed by atoms with van der Waals surface area (Å²) < 4.78 is 13.0. The van der Waals surface area contributed by atoms with E-state index in [4.69, 9.17) is 5.73 Å². The lowest BCUT2D eigenvalue weighted by Gasteiger charge is -2.14. The van der Waals surface area contributed by atoms with Crippen molar-refractivity contribution in [3.63, 3.8) is 0 Å². The Hall–Kier alpha value is -3.74. The smallest absolute Gasteiger partial charge is 0.159 e. The SMILES string of the molecule is Cc1ccc2cccc(Nc3ncnc(NCc4ccc(F)cc4)c3N)c2n1. The van der Waals surface area contributed by atoms with Crippen molar-refractivity contribution in [3.8, 4) is 0 Å². The maximum atomic E-state index is 13.0. The Bertz CT molecular complexity index is 1130. The summed E-state index contributed by atoms with van der Waals surface area (Å²) in [7, 11) is 0. The summed E-state index contributed by atoms with van der Waals surface area (Å²) >= 11 is 0. The van der Waals surface area contributed by atoms with Crippen LogP contribution < -0.4 is 16.4 Å². The zero-order valence-corrected chi connectivity index (χ0v) is 15.3. The first-order chi connectivity index (χ1) is 13.6. The molecule has 0 fully saturated rings. The molecule has 4 rings (SSSR count). The van der Waals surface area contributed by atoms with E-state index in [9.17, 15) is 4.39 Å². The average Bonchev–Trinajstić information content (AvgIpc) is 2.70. The van der Waals surface area contributed by atoms with E-state index in [0.717, 1.165) is 27.8 Å². The molecule has 28 heavy (non-hydrogen) atoms. The minimum absolute atomic E-state index is 0.268.